The first-order valence-corrected chi connectivity index (χ1v) is 8.28. The van der Waals surface area contributed by atoms with Crippen molar-refractivity contribution < 1.29 is 9.53 Å². The number of rotatable bonds is 3. The molecule has 2 heterocycles. The predicted octanol–water partition coefficient (Wildman–Crippen LogP) is 4.01. The summed E-state index contributed by atoms with van der Waals surface area (Å²) < 4.78 is 7.36. The van der Waals surface area contributed by atoms with E-state index in [0.29, 0.717) is 22.3 Å². The first-order valence-electron chi connectivity index (χ1n) is 7.90. The van der Waals surface area contributed by atoms with Gasteiger partial charge in [-0.15, -0.1) is 0 Å². The third-order valence-electron chi connectivity index (χ3n) is 4.45. The summed E-state index contributed by atoms with van der Waals surface area (Å²) in [7, 11) is 1.58. The normalized spacial score (nSPS) is 15.7. The molecule has 1 aromatic carbocycles. The van der Waals surface area contributed by atoms with Crippen molar-refractivity contribution in [2.75, 3.05) is 20.2 Å². The molecule has 0 spiro atoms. The molecular formula is C18H21ClN2O2. The van der Waals surface area contributed by atoms with E-state index in [2.05, 4.69) is 6.92 Å². The minimum atomic E-state index is -0.00490. The maximum absolute atomic E-state index is 12.8. The molecule has 5 heteroatoms. The van der Waals surface area contributed by atoms with E-state index in [4.69, 9.17) is 16.3 Å². The van der Waals surface area contributed by atoms with Crippen LogP contribution in [0.1, 0.15) is 30.1 Å². The van der Waals surface area contributed by atoms with Crippen LogP contribution in [0.25, 0.3) is 5.69 Å². The zero-order valence-corrected chi connectivity index (χ0v) is 14.2. The molecule has 2 aromatic rings. The van der Waals surface area contributed by atoms with E-state index in [1.807, 2.05) is 40.1 Å². The standard InChI is InChI=1S/C18H21ClN2O2/c1-13-5-9-21(10-6-13)18(22)14-11-15(19)16(12-17(14)23-2)20-7-3-4-8-20/h3-4,7-8,11-13H,5-6,9-10H2,1-2H3. The number of aromatic nitrogens is 1. The van der Waals surface area contributed by atoms with Crippen LogP contribution >= 0.6 is 11.6 Å². The number of benzene rings is 1. The number of amides is 1. The number of halogens is 1. The molecule has 1 amide bonds. The highest BCUT2D eigenvalue weighted by Crippen LogP contribution is 2.31. The number of nitrogens with zero attached hydrogens (tertiary/aromatic N) is 2. The lowest BCUT2D eigenvalue weighted by atomic mass is 9.98. The minimum Gasteiger partial charge on any atom is -0.496 e. The molecule has 0 aliphatic carbocycles. The Balaban J connectivity index is 1.93. The summed E-state index contributed by atoms with van der Waals surface area (Å²) >= 11 is 6.41. The second-order valence-electron chi connectivity index (χ2n) is 6.07. The molecule has 0 unspecified atom stereocenters. The number of hydrogen-bond acceptors (Lipinski definition) is 2. The van der Waals surface area contributed by atoms with Gasteiger partial charge in [-0.1, -0.05) is 18.5 Å². The van der Waals surface area contributed by atoms with E-state index in [1.54, 1.807) is 13.2 Å². The zero-order valence-electron chi connectivity index (χ0n) is 13.5. The van der Waals surface area contributed by atoms with Crippen LogP contribution in [-0.2, 0) is 0 Å². The fraction of sp³-hybridized carbons (Fsp3) is 0.389. The van der Waals surface area contributed by atoms with Crippen molar-refractivity contribution in [1.29, 1.82) is 0 Å². The SMILES string of the molecule is COc1cc(-n2cccc2)c(Cl)cc1C(=O)N1CCC(C)CC1. The predicted molar refractivity (Wildman–Crippen MR) is 91.6 cm³/mol. The van der Waals surface area contributed by atoms with Gasteiger partial charge in [-0.25, -0.2) is 0 Å². The Kier molecular flexibility index (Phi) is 4.62. The van der Waals surface area contributed by atoms with Crippen molar-refractivity contribution in [2.45, 2.75) is 19.8 Å². The monoisotopic (exact) mass is 332 g/mol. The van der Waals surface area contributed by atoms with Crippen LogP contribution in [0.4, 0.5) is 0 Å². The summed E-state index contributed by atoms with van der Waals surface area (Å²) in [5.74, 6) is 1.23. The molecule has 1 aliphatic heterocycles. The second kappa shape index (κ2) is 6.67. The van der Waals surface area contributed by atoms with Gasteiger partial charge >= 0.3 is 0 Å². The Morgan fingerprint density at radius 3 is 2.48 bits per heavy atom. The van der Waals surface area contributed by atoms with Crippen LogP contribution in [0.15, 0.2) is 36.7 Å². The van der Waals surface area contributed by atoms with Crippen LogP contribution in [0.3, 0.4) is 0 Å². The van der Waals surface area contributed by atoms with E-state index in [0.717, 1.165) is 31.6 Å². The summed E-state index contributed by atoms with van der Waals surface area (Å²) in [6.07, 6.45) is 5.91. The third-order valence-corrected chi connectivity index (χ3v) is 4.76. The van der Waals surface area contributed by atoms with E-state index in [9.17, 15) is 4.79 Å². The van der Waals surface area contributed by atoms with E-state index in [-0.39, 0.29) is 5.91 Å². The molecule has 23 heavy (non-hydrogen) atoms. The van der Waals surface area contributed by atoms with Gasteiger partial charge in [0, 0.05) is 31.5 Å². The number of likely N-dealkylation sites (tertiary alicyclic amines) is 1. The molecule has 0 saturated carbocycles. The maximum atomic E-state index is 12.8. The van der Waals surface area contributed by atoms with Crippen molar-refractivity contribution in [1.82, 2.24) is 9.47 Å². The molecule has 0 radical (unpaired) electrons. The summed E-state index contributed by atoms with van der Waals surface area (Å²) in [6.45, 7) is 3.81. The number of ether oxygens (including phenoxy) is 1. The van der Waals surface area contributed by atoms with Gasteiger partial charge in [-0.3, -0.25) is 4.79 Å². The van der Waals surface area contributed by atoms with Gasteiger partial charge in [0.05, 0.1) is 23.4 Å². The Labute approximate surface area is 141 Å². The molecule has 0 atom stereocenters. The largest absolute Gasteiger partial charge is 0.496 e. The number of piperidine rings is 1. The second-order valence-corrected chi connectivity index (χ2v) is 6.48. The first kappa shape index (κ1) is 15.9. The lowest BCUT2D eigenvalue weighted by molar-refractivity contribution is 0.0694. The molecule has 4 nitrogen and oxygen atoms in total. The Hall–Kier alpha value is -1.94. The molecule has 1 fully saturated rings. The summed E-state index contributed by atoms with van der Waals surface area (Å²) in [5.41, 5.74) is 1.33. The lowest BCUT2D eigenvalue weighted by Crippen LogP contribution is -2.38. The first-order chi connectivity index (χ1) is 11.1. The highest BCUT2D eigenvalue weighted by molar-refractivity contribution is 6.33. The molecule has 0 N–H and O–H groups in total. The van der Waals surface area contributed by atoms with Crippen LogP contribution in [0.2, 0.25) is 5.02 Å². The van der Waals surface area contributed by atoms with Gasteiger partial charge in [0.25, 0.3) is 5.91 Å². The zero-order chi connectivity index (χ0) is 16.4. The third kappa shape index (κ3) is 3.22. The van der Waals surface area contributed by atoms with Crippen LogP contribution in [0, 0.1) is 5.92 Å². The van der Waals surface area contributed by atoms with Crippen molar-refractivity contribution in [3.8, 4) is 11.4 Å². The highest BCUT2D eigenvalue weighted by atomic mass is 35.5. The van der Waals surface area contributed by atoms with E-state index in [1.165, 1.54) is 0 Å². The van der Waals surface area contributed by atoms with Crippen molar-refractivity contribution in [3.63, 3.8) is 0 Å². The number of methoxy groups -OCH3 is 1. The van der Waals surface area contributed by atoms with Crippen molar-refractivity contribution >= 4 is 17.5 Å². The molecule has 3 rings (SSSR count). The average molecular weight is 333 g/mol. The molecule has 122 valence electrons. The number of hydrogen-bond donors (Lipinski definition) is 0. The van der Waals surface area contributed by atoms with Crippen LogP contribution in [-0.4, -0.2) is 35.6 Å². The van der Waals surface area contributed by atoms with Gasteiger partial charge < -0.3 is 14.2 Å². The molecule has 1 aliphatic rings. The Bertz CT molecular complexity index is 689. The van der Waals surface area contributed by atoms with Crippen molar-refractivity contribution in [3.05, 3.63) is 47.2 Å². The topological polar surface area (TPSA) is 34.5 Å². The minimum absolute atomic E-state index is 0.00490. The van der Waals surface area contributed by atoms with Crippen LogP contribution < -0.4 is 4.74 Å². The van der Waals surface area contributed by atoms with Gasteiger partial charge in [0.15, 0.2) is 0 Å². The molecular weight excluding hydrogens is 312 g/mol. The Morgan fingerprint density at radius 2 is 1.87 bits per heavy atom. The molecule has 1 aromatic heterocycles. The van der Waals surface area contributed by atoms with Crippen LogP contribution in [0.5, 0.6) is 5.75 Å². The van der Waals surface area contributed by atoms with E-state index >= 15 is 0 Å². The number of carbonyl (C=O) groups is 1. The summed E-state index contributed by atoms with van der Waals surface area (Å²) in [5, 5.41) is 0.538. The smallest absolute Gasteiger partial charge is 0.257 e. The molecule has 1 saturated heterocycles. The van der Waals surface area contributed by atoms with Gasteiger partial charge in [0.2, 0.25) is 0 Å². The van der Waals surface area contributed by atoms with E-state index < -0.39 is 0 Å². The van der Waals surface area contributed by atoms with Gasteiger partial charge in [0.1, 0.15) is 5.75 Å². The number of carbonyl (C=O) groups excluding carboxylic acids is 1. The lowest BCUT2D eigenvalue weighted by Gasteiger charge is -2.30. The highest BCUT2D eigenvalue weighted by Gasteiger charge is 2.25. The fourth-order valence-electron chi connectivity index (χ4n) is 2.95. The quantitative estimate of drug-likeness (QED) is 0.851. The van der Waals surface area contributed by atoms with Crippen molar-refractivity contribution in [2.24, 2.45) is 5.92 Å². The fourth-order valence-corrected chi connectivity index (χ4v) is 3.21. The van der Waals surface area contributed by atoms with Gasteiger partial charge in [-0.2, -0.15) is 0 Å². The molecule has 0 bridgehead atoms. The summed E-state index contributed by atoms with van der Waals surface area (Å²) in [4.78, 5) is 14.7. The average Bonchev–Trinajstić information content (AvgIpc) is 3.09. The Morgan fingerprint density at radius 1 is 1.22 bits per heavy atom. The summed E-state index contributed by atoms with van der Waals surface area (Å²) in [6, 6.07) is 7.39. The maximum Gasteiger partial charge on any atom is 0.257 e. The van der Waals surface area contributed by atoms with Gasteiger partial charge in [-0.05, 0) is 37.0 Å².